The van der Waals surface area contributed by atoms with E-state index in [0.717, 1.165) is 12.5 Å². The minimum atomic E-state index is -0.490. The lowest BCUT2D eigenvalue weighted by atomic mass is 10.2. The van der Waals surface area contributed by atoms with E-state index in [9.17, 15) is 9.90 Å². The number of hydrogen-bond acceptors (Lipinski definition) is 4. The second kappa shape index (κ2) is 5.05. The molecule has 1 amide bonds. The number of aliphatic hydroxyl groups is 1. The Bertz CT molecular complexity index is 310. The van der Waals surface area contributed by atoms with E-state index in [0.29, 0.717) is 13.1 Å². The van der Waals surface area contributed by atoms with E-state index in [2.05, 4.69) is 5.32 Å². The van der Waals surface area contributed by atoms with Crippen molar-refractivity contribution in [1.29, 1.82) is 0 Å². The number of nitrogens with one attached hydrogen (secondary N) is 1. The molecule has 0 aromatic rings. The van der Waals surface area contributed by atoms with Crippen LogP contribution in [0.3, 0.4) is 0 Å². The minimum absolute atomic E-state index is 0.0156. The molecule has 0 spiro atoms. The van der Waals surface area contributed by atoms with Gasteiger partial charge < -0.3 is 20.1 Å². The molecule has 0 bridgehead atoms. The molecule has 2 atom stereocenters. The van der Waals surface area contributed by atoms with E-state index in [1.54, 1.807) is 4.90 Å². The number of β-amino-alcohol motifs (C(OH)–C–C–N with tert-alkyl or cyclic N) is 1. The molecule has 0 radical (unpaired) electrons. The first-order valence-electron chi connectivity index (χ1n) is 6.74. The van der Waals surface area contributed by atoms with Crippen LogP contribution in [0.4, 0.5) is 4.79 Å². The summed E-state index contributed by atoms with van der Waals surface area (Å²) in [6.45, 7) is 7.38. The SMILES string of the molecule is CC(C)(C)OC(=O)N1CC(O)C(NCC2CC2)C1. The van der Waals surface area contributed by atoms with Crippen molar-refractivity contribution in [1.82, 2.24) is 10.2 Å². The Balaban J connectivity index is 1.79. The number of rotatable bonds is 3. The molecule has 2 N–H and O–H groups in total. The standard InChI is InChI=1S/C13H24N2O3/c1-13(2,3)18-12(17)15-7-10(11(16)8-15)14-6-9-4-5-9/h9-11,14,16H,4-8H2,1-3H3. The second-order valence-corrected chi connectivity index (χ2v) is 6.41. The zero-order valence-electron chi connectivity index (χ0n) is 11.5. The molecule has 1 aliphatic heterocycles. The highest BCUT2D eigenvalue weighted by atomic mass is 16.6. The van der Waals surface area contributed by atoms with Crippen LogP contribution in [0.2, 0.25) is 0 Å². The molecule has 0 aromatic heterocycles. The van der Waals surface area contributed by atoms with Crippen molar-refractivity contribution in [3.8, 4) is 0 Å². The summed E-state index contributed by atoms with van der Waals surface area (Å²) in [6, 6.07) is -0.0156. The molecular weight excluding hydrogens is 232 g/mol. The van der Waals surface area contributed by atoms with Crippen LogP contribution in [-0.2, 0) is 4.74 Å². The van der Waals surface area contributed by atoms with Gasteiger partial charge in [0.1, 0.15) is 5.60 Å². The lowest BCUT2D eigenvalue weighted by Crippen LogP contribution is -2.40. The molecule has 18 heavy (non-hydrogen) atoms. The van der Waals surface area contributed by atoms with Crippen molar-refractivity contribution in [2.45, 2.75) is 51.4 Å². The molecule has 2 fully saturated rings. The first-order chi connectivity index (χ1) is 8.35. The Morgan fingerprint density at radius 3 is 2.61 bits per heavy atom. The molecule has 1 aliphatic carbocycles. The molecule has 5 nitrogen and oxygen atoms in total. The Kier molecular flexibility index (Phi) is 3.82. The number of amides is 1. The number of hydrogen-bond donors (Lipinski definition) is 2. The first kappa shape index (κ1) is 13.6. The van der Waals surface area contributed by atoms with Crippen molar-refractivity contribution in [2.24, 2.45) is 5.92 Å². The quantitative estimate of drug-likeness (QED) is 0.790. The summed E-state index contributed by atoms with van der Waals surface area (Å²) in [5.41, 5.74) is -0.485. The minimum Gasteiger partial charge on any atom is -0.444 e. The maximum Gasteiger partial charge on any atom is 0.410 e. The van der Waals surface area contributed by atoms with Crippen LogP contribution in [0.1, 0.15) is 33.6 Å². The monoisotopic (exact) mass is 256 g/mol. The molecule has 2 unspecified atom stereocenters. The number of carbonyl (C=O) groups is 1. The van der Waals surface area contributed by atoms with Crippen molar-refractivity contribution >= 4 is 6.09 Å². The van der Waals surface area contributed by atoms with E-state index in [-0.39, 0.29) is 12.1 Å². The molecule has 1 saturated heterocycles. The van der Waals surface area contributed by atoms with Crippen LogP contribution in [-0.4, -0.2) is 53.5 Å². The van der Waals surface area contributed by atoms with E-state index in [1.165, 1.54) is 12.8 Å². The largest absolute Gasteiger partial charge is 0.444 e. The third-order valence-corrected chi connectivity index (χ3v) is 3.31. The van der Waals surface area contributed by atoms with Crippen molar-refractivity contribution in [3.63, 3.8) is 0 Å². The van der Waals surface area contributed by atoms with Crippen LogP contribution in [0.5, 0.6) is 0 Å². The zero-order chi connectivity index (χ0) is 13.3. The van der Waals surface area contributed by atoms with Crippen molar-refractivity contribution in [3.05, 3.63) is 0 Å². The summed E-state index contributed by atoms with van der Waals surface area (Å²) in [6.07, 6.45) is 1.74. The van der Waals surface area contributed by atoms with E-state index < -0.39 is 11.7 Å². The van der Waals surface area contributed by atoms with Gasteiger partial charge in [0.25, 0.3) is 0 Å². The van der Waals surface area contributed by atoms with Crippen molar-refractivity contribution < 1.29 is 14.6 Å². The Labute approximate surface area is 108 Å². The summed E-state index contributed by atoms with van der Waals surface area (Å²) in [7, 11) is 0. The van der Waals surface area contributed by atoms with E-state index >= 15 is 0 Å². The van der Waals surface area contributed by atoms with Gasteiger partial charge in [0.05, 0.1) is 18.7 Å². The van der Waals surface area contributed by atoms with Crippen LogP contribution in [0.25, 0.3) is 0 Å². The van der Waals surface area contributed by atoms with Crippen LogP contribution < -0.4 is 5.32 Å². The van der Waals surface area contributed by atoms with Gasteiger partial charge in [0, 0.05) is 6.54 Å². The number of likely N-dealkylation sites (tertiary alicyclic amines) is 1. The van der Waals surface area contributed by atoms with Gasteiger partial charge in [-0.25, -0.2) is 4.79 Å². The summed E-state index contributed by atoms with van der Waals surface area (Å²) >= 11 is 0. The lowest BCUT2D eigenvalue weighted by Gasteiger charge is -2.24. The summed E-state index contributed by atoms with van der Waals surface area (Å²) in [5, 5.41) is 13.3. The molecule has 2 aliphatic rings. The second-order valence-electron chi connectivity index (χ2n) is 6.41. The maximum atomic E-state index is 11.9. The third kappa shape index (κ3) is 3.85. The normalized spacial score (nSPS) is 28.6. The Morgan fingerprint density at radius 2 is 2.06 bits per heavy atom. The molecular formula is C13H24N2O3. The fraction of sp³-hybridized carbons (Fsp3) is 0.923. The molecule has 2 rings (SSSR count). The van der Waals surface area contributed by atoms with Gasteiger partial charge in [0.2, 0.25) is 0 Å². The fourth-order valence-corrected chi connectivity index (χ4v) is 2.10. The predicted molar refractivity (Wildman–Crippen MR) is 68.3 cm³/mol. The summed E-state index contributed by atoms with van der Waals surface area (Å²) < 4.78 is 5.30. The number of ether oxygens (including phenoxy) is 1. The number of nitrogens with zero attached hydrogens (tertiary/aromatic N) is 1. The van der Waals surface area contributed by atoms with Gasteiger partial charge in [-0.3, -0.25) is 0 Å². The lowest BCUT2D eigenvalue weighted by molar-refractivity contribution is 0.0270. The average Bonchev–Trinajstić information content (AvgIpc) is 2.97. The van der Waals surface area contributed by atoms with Gasteiger partial charge in [0.15, 0.2) is 0 Å². The van der Waals surface area contributed by atoms with Gasteiger partial charge >= 0.3 is 6.09 Å². The highest BCUT2D eigenvalue weighted by Gasteiger charge is 2.36. The number of carbonyl (C=O) groups excluding carboxylic acids is 1. The molecule has 5 heteroatoms. The zero-order valence-corrected chi connectivity index (χ0v) is 11.5. The average molecular weight is 256 g/mol. The van der Waals surface area contributed by atoms with Crippen molar-refractivity contribution in [2.75, 3.05) is 19.6 Å². The predicted octanol–water partition coefficient (Wildman–Crippen LogP) is 0.966. The highest BCUT2D eigenvalue weighted by molar-refractivity contribution is 5.68. The Morgan fingerprint density at radius 1 is 1.39 bits per heavy atom. The third-order valence-electron chi connectivity index (χ3n) is 3.31. The van der Waals surface area contributed by atoms with Gasteiger partial charge in [-0.1, -0.05) is 0 Å². The molecule has 0 aromatic carbocycles. The topological polar surface area (TPSA) is 61.8 Å². The first-order valence-corrected chi connectivity index (χ1v) is 6.74. The van der Waals surface area contributed by atoms with Gasteiger partial charge in [-0.2, -0.15) is 0 Å². The highest BCUT2D eigenvalue weighted by Crippen LogP contribution is 2.28. The fourth-order valence-electron chi connectivity index (χ4n) is 2.10. The van der Waals surface area contributed by atoms with Crippen LogP contribution >= 0.6 is 0 Å². The Hall–Kier alpha value is -0.810. The van der Waals surface area contributed by atoms with Crippen LogP contribution in [0, 0.1) is 5.92 Å². The van der Waals surface area contributed by atoms with Crippen LogP contribution in [0.15, 0.2) is 0 Å². The smallest absolute Gasteiger partial charge is 0.410 e. The molecule has 1 saturated carbocycles. The molecule has 104 valence electrons. The number of aliphatic hydroxyl groups excluding tert-OH is 1. The maximum absolute atomic E-state index is 11.9. The molecule has 1 heterocycles. The summed E-state index contributed by atoms with van der Waals surface area (Å²) in [5.74, 6) is 0.771. The van der Waals surface area contributed by atoms with Gasteiger partial charge in [-0.15, -0.1) is 0 Å². The van der Waals surface area contributed by atoms with E-state index in [1.807, 2.05) is 20.8 Å². The van der Waals surface area contributed by atoms with Gasteiger partial charge in [-0.05, 0) is 46.1 Å². The van der Waals surface area contributed by atoms with E-state index in [4.69, 9.17) is 4.74 Å². The summed E-state index contributed by atoms with van der Waals surface area (Å²) in [4.78, 5) is 13.5.